The second-order valence-electron chi connectivity index (χ2n) is 7.32. The molecule has 6 nitrogen and oxygen atoms in total. The van der Waals surface area contributed by atoms with Gasteiger partial charge in [0.1, 0.15) is 5.76 Å². The molecule has 132 valence electrons. The average molecular weight is 333 g/mol. The van der Waals surface area contributed by atoms with Gasteiger partial charge in [0.2, 0.25) is 0 Å². The molecule has 0 aromatic carbocycles. The van der Waals surface area contributed by atoms with Crippen molar-refractivity contribution >= 4 is 5.91 Å². The molecular weight excluding hydrogens is 306 g/mol. The first-order chi connectivity index (χ1) is 11.1. The molecule has 0 fully saturated rings. The Morgan fingerprint density at radius 1 is 1.38 bits per heavy atom. The van der Waals surface area contributed by atoms with Gasteiger partial charge in [-0.3, -0.25) is 9.36 Å². The second-order valence-corrected chi connectivity index (χ2v) is 7.32. The van der Waals surface area contributed by atoms with Gasteiger partial charge in [0.05, 0.1) is 11.7 Å². The highest BCUT2D eigenvalue weighted by Crippen LogP contribution is 2.23. The number of carbonyl (C=O) groups excluding carboxylic acids is 1. The molecule has 0 aliphatic rings. The summed E-state index contributed by atoms with van der Waals surface area (Å²) in [5.74, 6) is 1.28. The number of nitrogens with one attached hydrogen (secondary N) is 1. The number of aryl methyl sites for hydroxylation is 2. The fourth-order valence-electron chi connectivity index (χ4n) is 3.09. The number of hydrogen-bond acceptors (Lipinski definition) is 4. The highest BCUT2D eigenvalue weighted by molar-refractivity contribution is 5.95. The van der Waals surface area contributed by atoms with Crippen molar-refractivity contribution in [2.24, 2.45) is 5.41 Å². The van der Waals surface area contributed by atoms with E-state index in [9.17, 15) is 9.90 Å². The van der Waals surface area contributed by atoms with Crippen LogP contribution in [0.3, 0.4) is 0 Å². The van der Waals surface area contributed by atoms with Crippen molar-refractivity contribution in [3.05, 3.63) is 34.8 Å². The molecule has 2 rings (SSSR count). The van der Waals surface area contributed by atoms with Crippen LogP contribution in [0.25, 0.3) is 5.82 Å². The zero-order chi connectivity index (χ0) is 18.1. The molecule has 1 unspecified atom stereocenters. The van der Waals surface area contributed by atoms with Crippen LogP contribution in [-0.4, -0.2) is 33.4 Å². The molecule has 2 aromatic heterocycles. The smallest absolute Gasteiger partial charge is 0.253 e. The first-order valence-corrected chi connectivity index (χ1v) is 8.19. The third-order valence-corrected chi connectivity index (χ3v) is 4.10. The second kappa shape index (κ2) is 6.81. The van der Waals surface area contributed by atoms with Crippen molar-refractivity contribution in [3.63, 3.8) is 0 Å². The van der Waals surface area contributed by atoms with E-state index < -0.39 is 6.10 Å². The van der Waals surface area contributed by atoms with Gasteiger partial charge in [-0.1, -0.05) is 19.0 Å². The lowest BCUT2D eigenvalue weighted by atomic mass is 9.87. The van der Waals surface area contributed by atoms with Crippen LogP contribution in [0.5, 0.6) is 0 Å². The molecule has 2 aromatic rings. The molecule has 0 bridgehead atoms. The normalized spacial score (nSPS) is 13.1. The van der Waals surface area contributed by atoms with E-state index in [0.29, 0.717) is 24.3 Å². The first-order valence-electron chi connectivity index (χ1n) is 8.19. The monoisotopic (exact) mass is 333 g/mol. The van der Waals surface area contributed by atoms with Crippen LogP contribution in [0.1, 0.15) is 54.7 Å². The zero-order valence-corrected chi connectivity index (χ0v) is 15.3. The van der Waals surface area contributed by atoms with E-state index in [1.54, 1.807) is 6.92 Å². The van der Waals surface area contributed by atoms with Gasteiger partial charge in [-0.05, 0) is 45.6 Å². The maximum atomic E-state index is 12.6. The van der Waals surface area contributed by atoms with Crippen LogP contribution >= 0.6 is 0 Å². The Labute approximate surface area is 142 Å². The minimum absolute atomic E-state index is 0.117. The number of hydrogen-bond donors (Lipinski definition) is 2. The molecule has 0 radical (unpaired) electrons. The lowest BCUT2D eigenvalue weighted by Gasteiger charge is -2.26. The highest BCUT2D eigenvalue weighted by Gasteiger charge is 2.23. The van der Waals surface area contributed by atoms with Crippen LogP contribution in [0.15, 0.2) is 16.7 Å². The quantitative estimate of drug-likeness (QED) is 0.852. The van der Waals surface area contributed by atoms with E-state index in [2.05, 4.69) is 10.5 Å². The van der Waals surface area contributed by atoms with Gasteiger partial charge >= 0.3 is 0 Å². The predicted molar refractivity (Wildman–Crippen MR) is 92.5 cm³/mol. The van der Waals surface area contributed by atoms with E-state index in [4.69, 9.17) is 4.52 Å². The number of aliphatic hydroxyl groups excluding tert-OH is 1. The van der Waals surface area contributed by atoms with Gasteiger partial charge in [-0.2, -0.15) is 0 Å². The molecule has 1 amide bonds. The van der Waals surface area contributed by atoms with E-state index >= 15 is 0 Å². The summed E-state index contributed by atoms with van der Waals surface area (Å²) in [6.45, 7) is 12.0. The van der Waals surface area contributed by atoms with Crippen molar-refractivity contribution in [3.8, 4) is 5.82 Å². The van der Waals surface area contributed by atoms with Crippen molar-refractivity contribution in [1.82, 2.24) is 15.0 Å². The molecule has 24 heavy (non-hydrogen) atoms. The summed E-state index contributed by atoms with van der Waals surface area (Å²) in [7, 11) is 0. The summed E-state index contributed by atoms with van der Waals surface area (Å²) in [6, 6.07) is 3.70. The molecule has 0 aliphatic heterocycles. The van der Waals surface area contributed by atoms with Gasteiger partial charge in [0, 0.05) is 24.0 Å². The largest absolute Gasteiger partial charge is 0.393 e. The molecule has 0 aliphatic carbocycles. The van der Waals surface area contributed by atoms with Crippen molar-refractivity contribution < 1.29 is 14.4 Å². The summed E-state index contributed by atoms with van der Waals surface area (Å²) < 4.78 is 7.04. The molecule has 2 N–H and O–H groups in total. The summed E-state index contributed by atoms with van der Waals surface area (Å²) in [6.07, 6.45) is 0.238. The first kappa shape index (κ1) is 18.3. The topological polar surface area (TPSA) is 80.3 Å². The van der Waals surface area contributed by atoms with Gasteiger partial charge in [0.25, 0.3) is 5.91 Å². The Kier molecular flexibility index (Phi) is 5.18. The number of aromatic nitrogens is 2. The number of amides is 1. The predicted octanol–water partition coefficient (Wildman–Crippen LogP) is 2.92. The Morgan fingerprint density at radius 3 is 2.58 bits per heavy atom. The minimum Gasteiger partial charge on any atom is -0.393 e. The summed E-state index contributed by atoms with van der Waals surface area (Å²) in [4.78, 5) is 12.6. The molecule has 1 atom stereocenters. The standard InChI is InChI=1S/C18H27N3O3/c1-11-7-15(14(4)21(11)16-8-13(3)24-20-16)17(23)19-10-18(5,6)9-12(2)22/h7-8,12,22H,9-10H2,1-6H3,(H,19,23). The summed E-state index contributed by atoms with van der Waals surface area (Å²) >= 11 is 0. The summed E-state index contributed by atoms with van der Waals surface area (Å²) in [5, 5.41) is 16.6. The molecular formula is C18H27N3O3. The molecule has 6 heteroatoms. The minimum atomic E-state index is -0.391. The highest BCUT2D eigenvalue weighted by atomic mass is 16.5. The fraction of sp³-hybridized carbons (Fsp3) is 0.556. The molecule has 0 spiro atoms. The van der Waals surface area contributed by atoms with E-state index in [1.165, 1.54) is 0 Å². The lowest BCUT2D eigenvalue weighted by Crippen LogP contribution is -2.35. The SMILES string of the molecule is Cc1cc(-n2c(C)cc(C(=O)NCC(C)(C)CC(C)O)c2C)no1. The number of aliphatic hydroxyl groups is 1. The van der Waals surface area contributed by atoms with Crippen molar-refractivity contribution in [1.29, 1.82) is 0 Å². The molecule has 0 saturated heterocycles. The Hall–Kier alpha value is -2.08. The van der Waals surface area contributed by atoms with Crippen molar-refractivity contribution in [2.45, 2.75) is 54.1 Å². The Balaban J connectivity index is 2.17. The maximum Gasteiger partial charge on any atom is 0.253 e. The lowest BCUT2D eigenvalue weighted by molar-refractivity contribution is 0.0901. The van der Waals surface area contributed by atoms with E-state index in [1.807, 2.05) is 51.3 Å². The van der Waals surface area contributed by atoms with Crippen LogP contribution in [0.4, 0.5) is 0 Å². The van der Waals surface area contributed by atoms with Crippen LogP contribution in [0, 0.1) is 26.2 Å². The zero-order valence-electron chi connectivity index (χ0n) is 15.3. The van der Waals surface area contributed by atoms with Crippen LogP contribution in [0.2, 0.25) is 0 Å². The Bertz CT molecular complexity index is 726. The number of carbonyl (C=O) groups is 1. The fourth-order valence-corrected chi connectivity index (χ4v) is 3.09. The van der Waals surface area contributed by atoms with Crippen molar-refractivity contribution in [2.75, 3.05) is 6.54 Å². The van der Waals surface area contributed by atoms with Gasteiger partial charge in [-0.25, -0.2) is 0 Å². The molecule has 0 saturated carbocycles. The maximum absolute atomic E-state index is 12.6. The summed E-state index contributed by atoms with van der Waals surface area (Å²) in [5.41, 5.74) is 2.21. The average Bonchev–Trinajstić information content (AvgIpc) is 2.98. The number of rotatable bonds is 6. The van der Waals surface area contributed by atoms with Crippen LogP contribution < -0.4 is 5.32 Å². The number of nitrogens with zero attached hydrogens (tertiary/aromatic N) is 2. The van der Waals surface area contributed by atoms with Gasteiger partial charge < -0.3 is 14.9 Å². The molecule has 2 heterocycles. The van der Waals surface area contributed by atoms with E-state index in [0.717, 1.165) is 17.1 Å². The third-order valence-electron chi connectivity index (χ3n) is 4.10. The van der Waals surface area contributed by atoms with E-state index in [-0.39, 0.29) is 11.3 Å². The van der Waals surface area contributed by atoms with Gasteiger partial charge in [0.15, 0.2) is 5.82 Å². The Morgan fingerprint density at radius 2 is 2.04 bits per heavy atom. The van der Waals surface area contributed by atoms with Crippen LogP contribution in [-0.2, 0) is 0 Å². The third kappa shape index (κ3) is 4.06. The van der Waals surface area contributed by atoms with Gasteiger partial charge in [-0.15, -0.1) is 0 Å².